The average Bonchev–Trinajstić information content (AvgIpc) is 2.99. The number of guanidine groups is 1. The minimum Gasteiger partial charge on any atom is -0.486 e. The van der Waals surface area contributed by atoms with Crippen LogP contribution in [0.5, 0.6) is 11.5 Å². The summed E-state index contributed by atoms with van der Waals surface area (Å²) in [6.07, 6.45) is 1.67. The second-order valence-corrected chi connectivity index (χ2v) is 8.23. The van der Waals surface area contributed by atoms with Crippen molar-refractivity contribution in [3.63, 3.8) is 0 Å². The summed E-state index contributed by atoms with van der Waals surface area (Å²) in [6, 6.07) is 3.94. The van der Waals surface area contributed by atoms with Crippen molar-refractivity contribution in [3.05, 3.63) is 38.3 Å². The van der Waals surface area contributed by atoms with Crippen molar-refractivity contribution in [1.29, 1.82) is 0 Å². The van der Waals surface area contributed by atoms with Gasteiger partial charge in [-0.2, -0.15) is 0 Å². The highest BCUT2D eigenvalue weighted by atomic mass is 35.5. The van der Waals surface area contributed by atoms with Crippen molar-refractivity contribution in [2.45, 2.75) is 33.6 Å². The number of fused-ring (bicyclic) bond motifs is 1. The number of benzene rings is 1. The molecule has 28 heavy (non-hydrogen) atoms. The molecule has 0 spiro atoms. The molecule has 0 bridgehead atoms. The lowest BCUT2D eigenvalue weighted by molar-refractivity contribution is 0.171. The molecule has 0 radical (unpaired) electrons. The predicted molar refractivity (Wildman–Crippen MR) is 115 cm³/mol. The lowest BCUT2D eigenvalue weighted by Crippen LogP contribution is -2.38. The Morgan fingerprint density at radius 1 is 1.21 bits per heavy atom. The molecule has 0 aliphatic carbocycles. The largest absolute Gasteiger partial charge is 0.486 e. The molecule has 0 saturated carbocycles. The highest BCUT2D eigenvalue weighted by Gasteiger charge is 2.16. The number of aryl methyl sites for hydroxylation is 2. The van der Waals surface area contributed by atoms with Crippen LogP contribution < -0.4 is 20.1 Å². The Kier molecular flexibility index (Phi) is 7.39. The first kappa shape index (κ1) is 20.7. The molecule has 0 saturated heterocycles. The molecule has 0 atom stereocenters. The molecule has 0 fully saturated rings. The van der Waals surface area contributed by atoms with Crippen LogP contribution in [0.15, 0.2) is 17.1 Å². The maximum Gasteiger partial charge on any atom is 0.191 e. The third kappa shape index (κ3) is 5.52. The van der Waals surface area contributed by atoms with Crippen LogP contribution in [0.1, 0.15) is 28.1 Å². The van der Waals surface area contributed by atoms with Crippen LogP contribution in [-0.2, 0) is 12.8 Å². The molecule has 2 heterocycles. The maximum atomic E-state index is 6.31. The summed E-state index contributed by atoms with van der Waals surface area (Å²) in [7, 11) is 0. The predicted octanol–water partition coefficient (Wildman–Crippen LogP) is 3.52. The van der Waals surface area contributed by atoms with Crippen LogP contribution in [0.3, 0.4) is 0 Å². The summed E-state index contributed by atoms with van der Waals surface area (Å²) in [5, 5.41) is 8.40. The number of hydrogen-bond acceptors (Lipinski definition) is 5. The zero-order valence-electron chi connectivity index (χ0n) is 16.6. The van der Waals surface area contributed by atoms with Crippen molar-refractivity contribution in [3.8, 4) is 11.5 Å². The second kappa shape index (κ2) is 9.98. The van der Waals surface area contributed by atoms with E-state index in [0.29, 0.717) is 30.5 Å². The van der Waals surface area contributed by atoms with Gasteiger partial charge in [0.15, 0.2) is 17.5 Å². The Labute approximate surface area is 175 Å². The standard InChI is InChI=1S/C20H27ClN4O2S/c1-4-22-20(24-8-6-18-25-13(2)14(3)28-18)23-7-5-15-11-16(21)19-17(12-15)26-9-10-27-19/h11-12H,4-10H2,1-3H3,(H2,22,23,24). The van der Waals surface area contributed by atoms with Crippen LogP contribution in [0.25, 0.3) is 0 Å². The zero-order chi connectivity index (χ0) is 19.9. The topological polar surface area (TPSA) is 67.8 Å². The minimum absolute atomic E-state index is 0.538. The number of nitrogens with zero attached hydrogens (tertiary/aromatic N) is 2. The highest BCUT2D eigenvalue weighted by molar-refractivity contribution is 7.11. The molecule has 3 rings (SSSR count). The SMILES string of the molecule is CCNC(=NCCc1nc(C)c(C)s1)NCCc1cc(Cl)c2c(c1)OCCO2. The molecule has 8 heteroatoms. The maximum absolute atomic E-state index is 6.31. The van der Waals surface area contributed by atoms with Crippen molar-refractivity contribution in [2.24, 2.45) is 4.99 Å². The first-order chi connectivity index (χ1) is 13.6. The Hall–Kier alpha value is -1.99. The summed E-state index contributed by atoms with van der Waals surface area (Å²) >= 11 is 8.06. The molecule has 1 aromatic heterocycles. The number of thiazole rings is 1. The fraction of sp³-hybridized carbons (Fsp3) is 0.500. The lowest BCUT2D eigenvalue weighted by atomic mass is 10.1. The smallest absolute Gasteiger partial charge is 0.191 e. The van der Waals surface area contributed by atoms with E-state index in [4.69, 9.17) is 21.1 Å². The Morgan fingerprint density at radius 2 is 2.04 bits per heavy atom. The van der Waals surface area contributed by atoms with E-state index in [2.05, 4.69) is 34.5 Å². The van der Waals surface area contributed by atoms with Crippen LogP contribution in [0.2, 0.25) is 5.02 Å². The Morgan fingerprint density at radius 3 is 2.79 bits per heavy atom. The Balaban J connectivity index is 1.52. The molecule has 1 aromatic carbocycles. The van der Waals surface area contributed by atoms with Gasteiger partial charge in [0, 0.05) is 30.9 Å². The third-order valence-electron chi connectivity index (χ3n) is 4.38. The molecule has 1 aliphatic heterocycles. The van der Waals surface area contributed by atoms with Gasteiger partial charge in [-0.15, -0.1) is 11.3 Å². The molecular weight excluding hydrogens is 396 g/mol. The molecule has 152 valence electrons. The fourth-order valence-electron chi connectivity index (χ4n) is 2.89. The first-order valence-electron chi connectivity index (χ1n) is 9.60. The van der Waals surface area contributed by atoms with Gasteiger partial charge in [-0.3, -0.25) is 4.99 Å². The lowest BCUT2D eigenvalue weighted by Gasteiger charge is -2.20. The quantitative estimate of drug-likeness (QED) is 0.527. The van der Waals surface area contributed by atoms with E-state index in [-0.39, 0.29) is 0 Å². The van der Waals surface area contributed by atoms with E-state index in [9.17, 15) is 0 Å². The van der Waals surface area contributed by atoms with Gasteiger partial charge in [-0.05, 0) is 44.9 Å². The third-order valence-corrected chi connectivity index (χ3v) is 5.79. The minimum atomic E-state index is 0.538. The van der Waals surface area contributed by atoms with Crippen LogP contribution in [0, 0.1) is 13.8 Å². The van der Waals surface area contributed by atoms with Gasteiger partial charge in [0.2, 0.25) is 0 Å². The number of rotatable bonds is 7. The van der Waals surface area contributed by atoms with Crippen molar-refractivity contribution in [2.75, 3.05) is 32.8 Å². The van der Waals surface area contributed by atoms with Crippen molar-refractivity contribution < 1.29 is 9.47 Å². The van der Waals surface area contributed by atoms with Gasteiger partial charge < -0.3 is 20.1 Å². The fourth-order valence-corrected chi connectivity index (χ4v) is 4.10. The van der Waals surface area contributed by atoms with Gasteiger partial charge in [0.05, 0.1) is 15.7 Å². The van der Waals surface area contributed by atoms with E-state index < -0.39 is 0 Å². The first-order valence-corrected chi connectivity index (χ1v) is 10.8. The number of ether oxygens (including phenoxy) is 2. The molecule has 6 nitrogen and oxygen atoms in total. The number of aromatic nitrogens is 1. The highest BCUT2D eigenvalue weighted by Crippen LogP contribution is 2.38. The summed E-state index contributed by atoms with van der Waals surface area (Å²) in [6.45, 7) is 9.58. The van der Waals surface area contributed by atoms with Crippen molar-refractivity contribution in [1.82, 2.24) is 15.6 Å². The second-order valence-electron chi connectivity index (χ2n) is 6.54. The van der Waals surface area contributed by atoms with Crippen LogP contribution >= 0.6 is 22.9 Å². The molecule has 2 N–H and O–H groups in total. The van der Waals surface area contributed by atoms with Crippen molar-refractivity contribution >= 4 is 28.9 Å². The number of aliphatic imine (C=N–C) groups is 1. The average molecular weight is 423 g/mol. The molecule has 0 unspecified atom stereocenters. The molecule has 0 amide bonds. The van der Waals surface area contributed by atoms with E-state index in [1.807, 2.05) is 19.1 Å². The van der Waals surface area contributed by atoms with E-state index >= 15 is 0 Å². The summed E-state index contributed by atoms with van der Waals surface area (Å²) in [5.74, 6) is 2.19. The summed E-state index contributed by atoms with van der Waals surface area (Å²) in [5.41, 5.74) is 2.22. The molecular formula is C20H27ClN4O2S. The Bertz CT molecular complexity index is 818. The zero-order valence-corrected chi connectivity index (χ0v) is 18.2. The van der Waals surface area contributed by atoms with Gasteiger partial charge in [0.1, 0.15) is 13.2 Å². The summed E-state index contributed by atoms with van der Waals surface area (Å²) < 4.78 is 11.2. The molecule has 2 aromatic rings. The number of nitrogens with one attached hydrogen (secondary N) is 2. The number of halogens is 1. The van der Waals surface area contributed by atoms with E-state index in [1.54, 1.807) is 11.3 Å². The molecule has 1 aliphatic rings. The summed E-state index contributed by atoms with van der Waals surface area (Å²) in [4.78, 5) is 10.5. The van der Waals surface area contributed by atoms with Gasteiger partial charge in [0.25, 0.3) is 0 Å². The van der Waals surface area contributed by atoms with Gasteiger partial charge >= 0.3 is 0 Å². The van der Waals surface area contributed by atoms with Crippen LogP contribution in [-0.4, -0.2) is 43.8 Å². The monoisotopic (exact) mass is 422 g/mol. The number of hydrogen-bond donors (Lipinski definition) is 2. The normalized spacial score (nSPS) is 13.5. The van der Waals surface area contributed by atoms with E-state index in [0.717, 1.165) is 53.9 Å². The van der Waals surface area contributed by atoms with Gasteiger partial charge in [-0.25, -0.2) is 4.98 Å². The van der Waals surface area contributed by atoms with E-state index in [1.165, 1.54) is 4.88 Å². The van der Waals surface area contributed by atoms with Gasteiger partial charge in [-0.1, -0.05) is 11.6 Å². The van der Waals surface area contributed by atoms with Crippen LogP contribution in [0.4, 0.5) is 0 Å².